The van der Waals surface area contributed by atoms with Crippen molar-refractivity contribution in [3.05, 3.63) is 62.5 Å². The van der Waals surface area contributed by atoms with Crippen LogP contribution in [0, 0.1) is 0 Å². The molecule has 0 aliphatic heterocycles. The van der Waals surface area contributed by atoms with Gasteiger partial charge in [-0.15, -0.1) is 0 Å². The van der Waals surface area contributed by atoms with Crippen LogP contribution >= 0.6 is 39.1 Å². The topological polar surface area (TPSA) is 86.8 Å². The maximum absolute atomic E-state index is 13.5. The van der Waals surface area contributed by atoms with Crippen LogP contribution in [0.15, 0.2) is 46.9 Å². The summed E-state index contributed by atoms with van der Waals surface area (Å²) < 4.78 is 27.0. The summed E-state index contributed by atoms with van der Waals surface area (Å²) in [5.74, 6) is -0.867. The van der Waals surface area contributed by atoms with Crippen LogP contribution in [0.25, 0.3) is 0 Å². The summed E-state index contributed by atoms with van der Waals surface area (Å²) in [6, 6.07) is 11.0. The minimum Gasteiger partial charge on any atom is -0.354 e. The monoisotopic (exact) mass is 591 g/mol. The normalized spacial score (nSPS) is 12.2. The van der Waals surface area contributed by atoms with Crippen molar-refractivity contribution < 1.29 is 18.0 Å². The molecule has 2 aromatic carbocycles. The molecular weight excluding hydrogens is 565 g/mol. The molecule has 0 radical (unpaired) electrons. The summed E-state index contributed by atoms with van der Waals surface area (Å²) in [5, 5.41) is 3.02. The van der Waals surface area contributed by atoms with Crippen LogP contribution in [0.4, 0.5) is 5.69 Å². The van der Waals surface area contributed by atoms with Crippen molar-refractivity contribution in [2.45, 2.75) is 39.3 Å². The molecule has 1 N–H and O–H groups in total. The van der Waals surface area contributed by atoms with Crippen molar-refractivity contribution in [2.75, 3.05) is 23.7 Å². The average Bonchev–Trinajstić information content (AvgIpc) is 2.78. The zero-order valence-corrected chi connectivity index (χ0v) is 23.1. The molecule has 2 rings (SSSR count). The maximum atomic E-state index is 13.5. The summed E-state index contributed by atoms with van der Waals surface area (Å²) in [5.41, 5.74) is 0.880. The van der Waals surface area contributed by atoms with Crippen LogP contribution < -0.4 is 9.62 Å². The Morgan fingerprint density at radius 1 is 1.12 bits per heavy atom. The van der Waals surface area contributed by atoms with Gasteiger partial charge in [0.15, 0.2) is 0 Å². The van der Waals surface area contributed by atoms with Crippen molar-refractivity contribution in [3.63, 3.8) is 0 Å². The second-order valence-corrected chi connectivity index (χ2v) is 11.4. The Bertz CT molecular complexity index is 1110. The predicted molar refractivity (Wildman–Crippen MR) is 141 cm³/mol. The van der Waals surface area contributed by atoms with Gasteiger partial charge >= 0.3 is 0 Å². The number of nitrogens with zero attached hydrogens (tertiary/aromatic N) is 2. The number of halogens is 3. The molecule has 2 aromatic rings. The molecule has 1 atom stereocenters. The SMILES string of the molecule is CCCCNC(=O)[C@@H](C)N(Cc1ccc(Br)cc1)C(=O)CN(c1cccc(Cl)c1Cl)S(C)(=O)=O. The number of carbonyl (C=O) groups excluding carboxylic acids is 2. The van der Waals surface area contributed by atoms with Crippen molar-refractivity contribution in [3.8, 4) is 0 Å². The van der Waals surface area contributed by atoms with Crippen LogP contribution in [-0.2, 0) is 26.2 Å². The second kappa shape index (κ2) is 12.8. The zero-order chi connectivity index (χ0) is 25.5. The molecule has 0 saturated carbocycles. The number of sulfonamides is 1. The van der Waals surface area contributed by atoms with E-state index in [1.165, 1.54) is 17.0 Å². The number of nitrogens with one attached hydrogen (secondary N) is 1. The lowest BCUT2D eigenvalue weighted by Gasteiger charge is -2.31. The van der Waals surface area contributed by atoms with E-state index in [9.17, 15) is 18.0 Å². The molecule has 186 valence electrons. The first-order valence-corrected chi connectivity index (χ1v) is 14.1. The van der Waals surface area contributed by atoms with E-state index in [1.54, 1.807) is 13.0 Å². The minimum absolute atomic E-state index is 0.0206. The highest BCUT2D eigenvalue weighted by Crippen LogP contribution is 2.33. The zero-order valence-electron chi connectivity index (χ0n) is 19.2. The summed E-state index contributed by atoms with van der Waals surface area (Å²) in [4.78, 5) is 27.6. The maximum Gasteiger partial charge on any atom is 0.244 e. The van der Waals surface area contributed by atoms with Gasteiger partial charge in [0.1, 0.15) is 12.6 Å². The Balaban J connectivity index is 2.38. The summed E-state index contributed by atoms with van der Waals surface area (Å²) >= 11 is 15.7. The van der Waals surface area contributed by atoms with E-state index in [1.807, 2.05) is 31.2 Å². The number of hydrogen-bond donors (Lipinski definition) is 1. The largest absolute Gasteiger partial charge is 0.354 e. The number of hydrogen-bond acceptors (Lipinski definition) is 4. The Labute approximate surface area is 219 Å². The number of rotatable bonds is 11. The predicted octanol–water partition coefficient (Wildman–Crippen LogP) is 4.86. The van der Waals surface area contributed by atoms with E-state index in [2.05, 4.69) is 21.2 Å². The summed E-state index contributed by atoms with van der Waals surface area (Å²) in [7, 11) is -3.89. The third kappa shape index (κ3) is 7.86. The highest BCUT2D eigenvalue weighted by atomic mass is 79.9. The Morgan fingerprint density at radius 3 is 2.35 bits per heavy atom. The van der Waals surface area contributed by atoms with Crippen LogP contribution in [-0.4, -0.2) is 50.5 Å². The minimum atomic E-state index is -3.89. The number of anilines is 1. The highest BCUT2D eigenvalue weighted by Gasteiger charge is 2.31. The van der Waals surface area contributed by atoms with Gasteiger partial charge in [-0.05, 0) is 43.2 Å². The molecule has 0 saturated heterocycles. The third-order valence-corrected chi connectivity index (χ3v) is 7.61. The Kier molecular flexibility index (Phi) is 10.7. The van der Waals surface area contributed by atoms with Crippen LogP contribution in [0.2, 0.25) is 10.0 Å². The van der Waals surface area contributed by atoms with Crippen molar-refractivity contribution in [1.82, 2.24) is 10.2 Å². The molecule has 0 aliphatic rings. The first-order valence-electron chi connectivity index (χ1n) is 10.7. The highest BCUT2D eigenvalue weighted by molar-refractivity contribution is 9.10. The first-order chi connectivity index (χ1) is 16.0. The molecule has 0 aliphatic carbocycles. The van der Waals surface area contributed by atoms with Crippen molar-refractivity contribution in [1.29, 1.82) is 0 Å². The number of carbonyl (C=O) groups is 2. The van der Waals surface area contributed by atoms with E-state index in [4.69, 9.17) is 23.2 Å². The van der Waals surface area contributed by atoms with Gasteiger partial charge in [0.05, 0.1) is 22.0 Å². The molecule has 0 aromatic heterocycles. The third-order valence-electron chi connectivity index (χ3n) is 5.14. The first kappa shape index (κ1) is 28.4. The van der Waals surface area contributed by atoms with E-state index in [0.29, 0.717) is 6.54 Å². The van der Waals surface area contributed by atoms with Crippen molar-refractivity contribution in [2.24, 2.45) is 0 Å². The molecule has 34 heavy (non-hydrogen) atoms. The van der Waals surface area contributed by atoms with E-state index in [0.717, 1.165) is 33.4 Å². The average molecular weight is 593 g/mol. The van der Waals surface area contributed by atoms with Gasteiger partial charge in [-0.2, -0.15) is 0 Å². The summed E-state index contributed by atoms with van der Waals surface area (Å²) in [6.45, 7) is 3.71. The van der Waals surface area contributed by atoms with Gasteiger partial charge in [-0.1, -0.05) is 70.7 Å². The van der Waals surface area contributed by atoms with E-state index in [-0.39, 0.29) is 28.2 Å². The second-order valence-electron chi connectivity index (χ2n) is 7.81. The fraction of sp³-hybridized carbons (Fsp3) is 0.391. The Hall–Kier alpha value is -1.81. The molecule has 2 amide bonds. The van der Waals surface area contributed by atoms with Gasteiger partial charge in [0.25, 0.3) is 0 Å². The molecule has 0 fully saturated rings. The van der Waals surface area contributed by atoms with Gasteiger partial charge in [-0.3, -0.25) is 13.9 Å². The molecule has 0 heterocycles. The fourth-order valence-electron chi connectivity index (χ4n) is 3.18. The smallest absolute Gasteiger partial charge is 0.244 e. The molecular formula is C23H28BrCl2N3O4S. The lowest BCUT2D eigenvalue weighted by molar-refractivity contribution is -0.139. The molecule has 11 heteroatoms. The lowest BCUT2D eigenvalue weighted by Crippen LogP contribution is -2.51. The van der Waals surface area contributed by atoms with E-state index >= 15 is 0 Å². The molecule has 0 unspecified atom stereocenters. The van der Waals surface area contributed by atoms with Crippen molar-refractivity contribution >= 4 is 66.7 Å². The number of unbranched alkanes of at least 4 members (excludes halogenated alkanes) is 1. The fourth-order valence-corrected chi connectivity index (χ4v) is 4.75. The van der Waals surface area contributed by atoms with E-state index < -0.39 is 28.5 Å². The molecule has 0 spiro atoms. The molecule has 0 bridgehead atoms. The van der Waals surface area contributed by atoms with Crippen LogP contribution in [0.3, 0.4) is 0 Å². The summed E-state index contributed by atoms with van der Waals surface area (Å²) in [6.07, 6.45) is 2.71. The van der Waals surface area contributed by atoms with Crippen LogP contribution in [0.1, 0.15) is 32.3 Å². The molecule has 7 nitrogen and oxygen atoms in total. The quantitative estimate of drug-likeness (QED) is 0.378. The lowest BCUT2D eigenvalue weighted by atomic mass is 10.1. The number of amides is 2. The van der Waals surface area contributed by atoms with Gasteiger partial charge in [-0.25, -0.2) is 8.42 Å². The standard InChI is InChI=1S/C23H28BrCl2N3O4S/c1-4-5-13-27-23(31)16(2)28(14-17-9-11-18(24)12-10-17)21(30)15-29(34(3,32)33)20-8-6-7-19(25)22(20)26/h6-12,16H,4-5,13-15H2,1-3H3,(H,27,31)/t16-/m1/s1. The van der Waals surface area contributed by atoms with Crippen LogP contribution in [0.5, 0.6) is 0 Å². The Morgan fingerprint density at radius 2 is 1.76 bits per heavy atom. The number of benzene rings is 2. The van der Waals surface area contributed by atoms with Gasteiger partial charge in [0, 0.05) is 17.6 Å². The van der Waals surface area contributed by atoms with Gasteiger partial charge < -0.3 is 10.2 Å². The van der Waals surface area contributed by atoms with Gasteiger partial charge in [0.2, 0.25) is 21.8 Å².